The molecule has 2 unspecified atom stereocenters. The number of piperidine rings is 1. The molecule has 156 valence electrons. The van der Waals surface area contributed by atoms with E-state index in [1.54, 1.807) is 6.07 Å². The molecular weight excluding hydrogens is 379 g/mol. The highest BCUT2D eigenvalue weighted by molar-refractivity contribution is 5.56. The second-order valence-corrected chi connectivity index (χ2v) is 8.64. The molecule has 1 saturated carbocycles. The number of morpholine rings is 1. The van der Waals surface area contributed by atoms with Crippen molar-refractivity contribution < 1.29 is 9.13 Å². The molecule has 0 radical (unpaired) electrons. The summed E-state index contributed by atoms with van der Waals surface area (Å²) in [7, 11) is 0. The van der Waals surface area contributed by atoms with Crippen LogP contribution in [0, 0.1) is 34.9 Å². The number of nitrogens with zero attached hydrogens (tertiary/aromatic N) is 3. The molecule has 1 N–H and O–H groups in total. The molecule has 5 nitrogen and oxygen atoms in total. The summed E-state index contributed by atoms with van der Waals surface area (Å²) >= 11 is 0. The van der Waals surface area contributed by atoms with Gasteiger partial charge in [0.25, 0.3) is 0 Å². The first-order chi connectivity index (χ1) is 14.7. The Morgan fingerprint density at radius 1 is 1.07 bits per heavy atom. The molecule has 0 amide bonds. The third-order valence-electron chi connectivity index (χ3n) is 6.78. The van der Waals surface area contributed by atoms with Crippen LogP contribution in [0.15, 0.2) is 42.5 Å². The van der Waals surface area contributed by atoms with Crippen LogP contribution in [0.25, 0.3) is 0 Å². The molecule has 2 atom stereocenters. The lowest BCUT2D eigenvalue weighted by molar-refractivity contribution is 0.122. The van der Waals surface area contributed by atoms with Gasteiger partial charge in [-0.05, 0) is 53.6 Å². The van der Waals surface area contributed by atoms with Gasteiger partial charge in [0.2, 0.25) is 0 Å². The van der Waals surface area contributed by atoms with E-state index < -0.39 is 0 Å². The van der Waals surface area contributed by atoms with Crippen molar-refractivity contribution >= 4 is 11.4 Å². The zero-order valence-electron chi connectivity index (χ0n) is 17.1. The van der Waals surface area contributed by atoms with Crippen LogP contribution in [0.2, 0.25) is 0 Å². The maximum absolute atomic E-state index is 14.6. The van der Waals surface area contributed by atoms with Crippen molar-refractivity contribution in [1.29, 1.82) is 5.26 Å². The number of hydrogen-bond acceptors (Lipinski definition) is 5. The van der Waals surface area contributed by atoms with Crippen LogP contribution < -0.4 is 10.2 Å². The van der Waals surface area contributed by atoms with Crippen molar-refractivity contribution in [2.45, 2.75) is 6.54 Å². The van der Waals surface area contributed by atoms with Crippen molar-refractivity contribution in [1.82, 2.24) is 4.90 Å². The van der Waals surface area contributed by atoms with Crippen molar-refractivity contribution in [2.24, 2.45) is 17.8 Å². The van der Waals surface area contributed by atoms with Gasteiger partial charge in [-0.2, -0.15) is 5.26 Å². The van der Waals surface area contributed by atoms with Gasteiger partial charge in [-0.3, -0.25) is 4.90 Å². The second-order valence-electron chi connectivity index (χ2n) is 8.64. The second kappa shape index (κ2) is 8.25. The highest BCUT2D eigenvalue weighted by Gasteiger charge is 2.54. The van der Waals surface area contributed by atoms with E-state index in [0.717, 1.165) is 56.8 Å². The molecular formula is C24H27FN4O. The minimum absolute atomic E-state index is 0.161. The monoisotopic (exact) mass is 406 g/mol. The highest BCUT2D eigenvalue weighted by Crippen LogP contribution is 2.51. The molecule has 3 aliphatic rings. The largest absolute Gasteiger partial charge is 0.385 e. The van der Waals surface area contributed by atoms with Gasteiger partial charge in [0.05, 0.1) is 30.5 Å². The molecule has 2 aromatic carbocycles. The lowest BCUT2D eigenvalue weighted by Crippen LogP contribution is -2.36. The van der Waals surface area contributed by atoms with E-state index >= 15 is 0 Å². The summed E-state index contributed by atoms with van der Waals surface area (Å²) in [6.45, 7) is 6.92. The van der Waals surface area contributed by atoms with Crippen LogP contribution in [0.3, 0.4) is 0 Å². The predicted molar refractivity (Wildman–Crippen MR) is 115 cm³/mol. The first-order valence-corrected chi connectivity index (χ1v) is 10.8. The Balaban J connectivity index is 1.09. The van der Waals surface area contributed by atoms with Gasteiger partial charge in [0.15, 0.2) is 0 Å². The molecule has 30 heavy (non-hydrogen) atoms. The lowest BCUT2D eigenvalue weighted by Gasteiger charge is -2.29. The minimum Gasteiger partial charge on any atom is -0.385 e. The molecule has 0 aromatic heterocycles. The molecule has 6 heteroatoms. The number of anilines is 2. The summed E-state index contributed by atoms with van der Waals surface area (Å²) in [6.07, 6.45) is 0. The Bertz CT molecular complexity index is 923. The van der Waals surface area contributed by atoms with Gasteiger partial charge >= 0.3 is 0 Å². The molecule has 5 rings (SSSR count). The summed E-state index contributed by atoms with van der Waals surface area (Å²) in [6, 6.07) is 15.6. The Kier molecular flexibility index (Phi) is 5.32. The van der Waals surface area contributed by atoms with Crippen LogP contribution >= 0.6 is 0 Å². The van der Waals surface area contributed by atoms with E-state index in [0.29, 0.717) is 30.4 Å². The van der Waals surface area contributed by atoms with E-state index in [1.807, 2.05) is 24.3 Å². The summed E-state index contributed by atoms with van der Waals surface area (Å²) in [5.74, 6) is 2.01. The fourth-order valence-corrected chi connectivity index (χ4v) is 5.02. The van der Waals surface area contributed by atoms with Crippen LogP contribution in [-0.2, 0) is 11.3 Å². The van der Waals surface area contributed by atoms with Crippen LogP contribution in [0.1, 0.15) is 11.1 Å². The van der Waals surface area contributed by atoms with Crippen LogP contribution in [-0.4, -0.2) is 50.8 Å². The predicted octanol–water partition coefficient (Wildman–Crippen LogP) is 3.32. The highest BCUT2D eigenvalue weighted by atomic mass is 19.1. The van der Waals surface area contributed by atoms with Gasteiger partial charge in [-0.25, -0.2) is 4.39 Å². The molecule has 2 aromatic rings. The standard InChI is InChI=1S/C24H27FN4O/c25-23-11-19(5-6-24(23)29-7-9-30-10-8-29)27-13-20-21-15-28(16-22(20)21)14-18-3-1-17(12-26)2-4-18/h1-6,11,20-22,27H,7-10,13-16H2. The van der Waals surface area contributed by atoms with Gasteiger partial charge in [-0.1, -0.05) is 12.1 Å². The third-order valence-corrected chi connectivity index (χ3v) is 6.78. The maximum Gasteiger partial charge on any atom is 0.148 e. The van der Waals surface area contributed by atoms with Gasteiger partial charge in [-0.15, -0.1) is 0 Å². The molecule has 0 spiro atoms. The Morgan fingerprint density at radius 2 is 1.80 bits per heavy atom. The zero-order chi connectivity index (χ0) is 20.5. The Hall–Kier alpha value is -2.62. The molecule has 2 heterocycles. The van der Waals surface area contributed by atoms with Crippen molar-refractivity contribution in [2.75, 3.05) is 56.2 Å². The number of rotatable bonds is 6. The van der Waals surface area contributed by atoms with E-state index in [1.165, 1.54) is 5.56 Å². The zero-order valence-corrected chi connectivity index (χ0v) is 17.1. The Labute approximate surface area is 177 Å². The Morgan fingerprint density at radius 3 is 2.47 bits per heavy atom. The molecule has 0 bridgehead atoms. The van der Waals surface area contributed by atoms with E-state index in [9.17, 15) is 4.39 Å². The fraction of sp³-hybridized carbons (Fsp3) is 0.458. The third kappa shape index (κ3) is 4.00. The topological polar surface area (TPSA) is 51.5 Å². The average molecular weight is 407 g/mol. The summed E-state index contributed by atoms with van der Waals surface area (Å²) in [5.41, 5.74) is 3.51. The quantitative estimate of drug-likeness (QED) is 0.798. The number of benzene rings is 2. The average Bonchev–Trinajstić information content (AvgIpc) is 3.24. The van der Waals surface area contributed by atoms with E-state index in [4.69, 9.17) is 10.00 Å². The first-order valence-electron chi connectivity index (χ1n) is 10.8. The molecule has 2 aliphatic heterocycles. The smallest absolute Gasteiger partial charge is 0.148 e. The molecule has 1 aliphatic carbocycles. The van der Waals surface area contributed by atoms with Crippen LogP contribution in [0.4, 0.5) is 15.8 Å². The summed E-state index contributed by atoms with van der Waals surface area (Å²) < 4.78 is 19.9. The number of nitrogens with one attached hydrogen (secondary N) is 1. The summed E-state index contributed by atoms with van der Waals surface area (Å²) in [5, 5.41) is 12.4. The number of fused-ring (bicyclic) bond motifs is 1. The maximum atomic E-state index is 14.6. The van der Waals surface area contributed by atoms with Crippen molar-refractivity contribution in [3.05, 3.63) is 59.4 Å². The summed E-state index contributed by atoms with van der Waals surface area (Å²) in [4.78, 5) is 4.56. The molecule has 2 saturated heterocycles. The molecule has 3 fully saturated rings. The van der Waals surface area contributed by atoms with Crippen LogP contribution in [0.5, 0.6) is 0 Å². The van der Waals surface area contributed by atoms with E-state index in [2.05, 4.69) is 33.3 Å². The number of halogens is 1. The number of likely N-dealkylation sites (tertiary alicyclic amines) is 1. The van der Waals surface area contributed by atoms with Gasteiger partial charge in [0, 0.05) is 45.0 Å². The van der Waals surface area contributed by atoms with Gasteiger partial charge in [0.1, 0.15) is 5.82 Å². The SMILES string of the molecule is N#Cc1ccc(CN2CC3C(CNc4ccc(N5CCOCC5)c(F)c4)C3C2)cc1. The number of ether oxygens (including phenoxy) is 1. The number of nitriles is 1. The fourth-order valence-electron chi connectivity index (χ4n) is 5.02. The number of hydrogen-bond donors (Lipinski definition) is 1. The normalized spacial score (nSPS) is 25.6. The first kappa shape index (κ1) is 19.3. The minimum atomic E-state index is -0.161. The lowest BCUT2D eigenvalue weighted by atomic mass is 10.1. The van der Waals surface area contributed by atoms with Gasteiger partial charge < -0.3 is 15.0 Å². The van der Waals surface area contributed by atoms with Crippen molar-refractivity contribution in [3.8, 4) is 6.07 Å². The van der Waals surface area contributed by atoms with E-state index in [-0.39, 0.29) is 5.82 Å². The van der Waals surface area contributed by atoms with Crippen molar-refractivity contribution in [3.63, 3.8) is 0 Å².